The van der Waals surface area contributed by atoms with E-state index in [1.165, 1.54) is 24.1 Å². The Bertz CT molecular complexity index is 444. The Morgan fingerprint density at radius 2 is 2.24 bits per heavy atom. The molecule has 0 aromatic heterocycles. The van der Waals surface area contributed by atoms with Gasteiger partial charge in [0.05, 0.1) is 6.10 Å². The number of likely N-dealkylation sites (N-methyl/N-ethyl adjacent to an activating group) is 1. The third-order valence-electron chi connectivity index (χ3n) is 3.83. The summed E-state index contributed by atoms with van der Waals surface area (Å²) in [4.78, 5) is 2.33. The van der Waals surface area contributed by atoms with Crippen molar-refractivity contribution in [3.8, 4) is 0 Å². The summed E-state index contributed by atoms with van der Waals surface area (Å²) in [6, 6.07) is 6.54. The Kier molecular flexibility index (Phi) is 6.52. The molecule has 0 aliphatic carbocycles. The lowest BCUT2D eigenvalue weighted by Gasteiger charge is -2.26. The molecule has 1 aliphatic rings. The Labute approximate surface area is 137 Å². The van der Waals surface area contributed by atoms with Gasteiger partial charge in [-0.05, 0) is 43.0 Å². The summed E-state index contributed by atoms with van der Waals surface area (Å²) in [7, 11) is 2.16. The molecule has 2 rings (SSSR count). The molecule has 1 aromatic carbocycles. The number of rotatable bonds is 7. The van der Waals surface area contributed by atoms with Crippen molar-refractivity contribution >= 4 is 21.6 Å². The molecular formula is C17H27BrN2O. The standard InChI is InChI=1S/C17H27BrN2O/c1-13(2)10-19-11-14-6-7-15(18)9-17(14)20(3)12-16-5-4-8-21-16/h6-7,9,13,16,19H,4-5,8,10-12H2,1-3H3. The monoisotopic (exact) mass is 354 g/mol. The van der Waals surface area contributed by atoms with E-state index in [0.717, 1.165) is 30.7 Å². The molecule has 0 radical (unpaired) electrons. The van der Waals surface area contributed by atoms with Crippen LogP contribution in [0.4, 0.5) is 5.69 Å². The number of nitrogens with one attached hydrogen (secondary N) is 1. The summed E-state index contributed by atoms with van der Waals surface area (Å²) in [6.45, 7) is 8.31. The second kappa shape index (κ2) is 8.16. The van der Waals surface area contributed by atoms with Gasteiger partial charge < -0.3 is 15.0 Å². The molecule has 0 saturated carbocycles. The van der Waals surface area contributed by atoms with Crippen molar-refractivity contribution in [2.75, 3.05) is 31.6 Å². The molecule has 1 unspecified atom stereocenters. The van der Waals surface area contributed by atoms with Crippen LogP contribution in [0, 0.1) is 5.92 Å². The van der Waals surface area contributed by atoms with E-state index < -0.39 is 0 Å². The van der Waals surface area contributed by atoms with E-state index in [4.69, 9.17) is 4.74 Å². The van der Waals surface area contributed by atoms with Crippen LogP contribution in [-0.4, -0.2) is 32.8 Å². The fourth-order valence-corrected chi connectivity index (χ4v) is 3.08. The van der Waals surface area contributed by atoms with Gasteiger partial charge in [0.15, 0.2) is 0 Å². The number of anilines is 1. The van der Waals surface area contributed by atoms with Gasteiger partial charge in [0, 0.05) is 36.9 Å². The summed E-state index contributed by atoms with van der Waals surface area (Å²) in [5, 5.41) is 3.54. The largest absolute Gasteiger partial charge is 0.376 e. The molecule has 1 atom stereocenters. The van der Waals surface area contributed by atoms with Crippen LogP contribution in [0.25, 0.3) is 0 Å². The number of halogens is 1. The lowest BCUT2D eigenvalue weighted by molar-refractivity contribution is 0.116. The third-order valence-corrected chi connectivity index (χ3v) is 4.32. The molecule has 1 heterocycles. The molecule has 1 saturated heterocycles. The van der Waals surface area contributed by atoms with Gasteiger partial charge in [0.2, 0.25) is 0 Å². The molecular weight excluding hydrogens is 328 g/mol. The molecule has 0 bridgehead atoms. The highest BCUT2D eigenvalue weighted by Crippen LogP contribution is 2.26. The third kappa shape index (κ3) is 5.28. The van der Waals surface area contributed by atoms with Crippen LogP contribution in [0.5, 0.6) is 0 Å². The Morgan fingerprint density at radius 1 is 1.43 bits per heavy atom. The molecule has 21 heavy (non-hydrogen) atoms. The van der Waals surface area contributed by atoms with Crippen molar-refractivity contribution in [2.45, 2.75) is 39.3 Å². The van der Waals surface area contributed by atoms with Gasteiger partial charge in [-0.2, -0.15) is 0 Å². The highest BCUT2D eigenvalue weighted by atomic mass is 79.9. The highest BCUT2D eigenvalue weighted by molar-refractivity contribution is 9.10. The Morgan fingerprint density at radius 3 is 2.90 bits per heavy atom. The van der Waals surface area contributed by atoms with Crippen LogP contribution in [0.3, 0.4) is 0 Å². The summed E-state index contributed by atoms with van der Waals surface area (Å²) in [5.74, 6) is 0.675. The first kappa shape index (κ1) is 16.8. The minimum atomic E-state index is 0.380. The zero-order chi connectivity index (χ0) is 15.2. The van der Waals surface area contributed by atoms with Crippen molar-refractivity contribution in [1.29, 1.82) is 0 Å². The maximum Gasteiger partial charge on any atom is 0.0750 e. The van der Waals surface area contributed by atoms with E-state index in [1.54, 1.807) is 0 Å². The van der Waals surface area contributed by atoms with Crippen LogP contribution in [0.15, 0.2) is 22.7 Å². The average Bonchev–Trinajstić information content (AvgIpc) is 2.92. The Balaban J connectivity index is 2.02. The lowest BCUT2D eigenvalue weighted by Crippen LogP contribution is -2.30. The van der Waals surface area contributed by atoms with Gasteiger partial charge in [0.25, 0.3) is 0 Å². The van der Waals surface area contributed by atoms with Gasteiger partial charge in [0.1, 0.15) is 0 Å². The summed E-state index contributed by atoms with van der Waals surface area (Å²) < 4.78 is 6.89. The smallest absolute Gasteiger partial charge is 0.0750 e. The highest BCUT2D eigenvalue weighted by Gasteiger charge is 2.19. The minimum absolute atomic E-state index is 0.380. The molecule has 3 nitrogen and oxygen atoms in total. The first-order valence-corrected chi connectivity index (χ1v) is 8.67. The number of nitrogens with zero attached hydrogens (tertiary/aromatic N) is 1. The zero-order valence-electron chi connectivity index (χ0n) is 13.4. The zero-order valence-corrected chi connectivity index (χ0v) is 14.9. The van der Waals surface area contributed by atoms with Crippen LogP contribution in [0.1, 0.15) is 32.3 Å². The van der Waals surface area contributed by atoms with E-state index in [1.807, 2.05) is 0 Å². The quantitative estimate of drug-likeness (QED) is 0.805. The number of ether oxygens (including phenoxy) is 1. The van der Waals surface area contributed by atoms with E-state index in [9.17, 15) is 0 Å². The normalized spacial score (nSPS) is 18.4. The summed E-state index contributed by atoms with van der Waals surface area (Å²) in [5.41, 5.74) is 2.63. The fourth-order valence-electron chi connectivity index (χ4n) is 2.73. The van der Waals surface area contributed by atoms with E-state index in [-0.39, 0.29) is 0 Å². The average molecular weight is 355 g/mol. The molecule has 0 spiro atoms. The van der Waals surface area contributed by atoms with Crippen LogP contribution < -0.4 is 10.2 Å². The lowest BCUT2D eigenvalue weighted by atomic mass is 10.1. The first-order valence-electron chi connectivity index (χ1n) is 7.88. The van der Waals surface area contributed by atoms with Crippen molar-refractivity contribution in [3.05, 3.63) is 28.2 Å². The van der Waals surface area contributed by atoms with Crippen molar-refractivity contribution < 1.29 is 4.74 Å². The van der Waals surface area contributed by atoms with Crippen LogP contribution in [0.2, 0.25) is 0 Å². The SMILES string of the molecule is CC(C)CNCc1ccc(Br)cc1N(C)CC1CCCO1. The molecule has 1 aliphatic heterocycles. The predicted molar refractivity (Wildman–Crippen MR) is 92.9 cm³/mol. The van der Waals surface area contributed by atoms with Gasteiger partial charge in [-0.3, -0.25) is 0 Å². The maximum absolute atomic E-state index is 5.76. The van der Waals surface area contributed by atoms with Crippen LogP contribution >= 0.6 is 15.9 Å². The fraction of sp³-hybridized carbons (Fsp3) is 0.647. The number of hydrogen-bond donors (Lipinski definition) is 1. The molecule has 118 valence electrons. The summed E-state index contributed by atoms with van der Waals surface area (Å²) in [6.07, 6.45) is 2.75. The molecule has 0 amide bonds. The summed E-state index contributed by atoms with van der Waals surface area (Å²) >= 11 is 3.59. The van der Waals surface area contributed by atoms with Crippen molar-refractivity contribution in [3.63, 3.8) is 0 Å². The molecule has 1 fully saturated rings. The topological polar surface area (TPSA) is 24.5 Å². The Hall–Kier alpha value is -0.580. The molecule has 1 aromatic rings. The maximum atomic E-state index is 5.76. The van der Waals surface area contributed by atoms with Gasteiger partial charge in [-0.25, -0.2) is 0 Å². The van der Waals surface area contributed by atoms with E-state index in [2.05, 4.69) is 65.2 Å². The van der Waals surface area contributed by atoms with Gasteiger partial charge in [-0.1, -0.05) is 35.8 Å². The van der Waals surface area contributed by atoms with Crippen molar-refractivity contribution in [1.82, 2.24) is 5.32 Å². The van der Waals surface area contributed by atoms with Crippen LogP contribution in [-0.2, 0) is 11.3 Å². The number of benzene rings is 1. The predicted octanol–water partition coefficient (Wildman–Crippen LogP) is 3.81. The van der Waals surface area contributed by atoms with Crippen molar-refractivity contribution in [2.24, 2.45) is 5.92 Å². The molecule has 1 N–H and O–H groups in total. The van der Waals surface area contributed by atoms with Gasteiger partial charge >= 0.3 is 0 Å². The minimum Gasteiger partial charge on any atom is -0.376 e. The van der Waals surface area contributed by atoms with E-state index in [0.29, 0.717) is 12.0 Å². The first-order chi connectivity index (χ1) is 10.1. The molecule has 4 heteroatoms. The second-order valence-electron chi connectivity index (χ2n) is 6.31. The van der Waals surface area contributed by atoms with E-state index >= 15 is 0 Å². The second-order valence-corrected chi connectivity index (χ2v) is 7.23. The number of hydrogen-bond acceptors (Lipinski definition) is 3. The van der Waals surface area contributed by atoms with Gasteiger partial charge in [-0.15, -0.1) is 0 Å².